The lowest BCUT2D eigenvalue weighted by atomic mass is 9.98. The van der Waals surface area contributed by atoms with Crippen LogP contribution in [-0.2, 0) is 0 Å². The van der Waals surface area contributed by atoms with Gasteiger partial charge in [-0.1, -0.05) is 51.1 Å². The third kappa shape index (κ3) is 3.54. The Bertz CT molecular complexity index is 552. The number of aromatic nitrogens is 2. The maximum atomic E-state index is 5.53. The number of rotatable bonds is 5. The number of nitrogen functional groups attached to an aromatic ring is 1. The van der Waals surface area contributed by atoms with Crippen LogP contribution in [0.2, 0.25) is 0 Å². The fourth-order valence-corrected chi connectivity index (χ4v) is 2.33. The van der Waals surface area contributed by atoms with E-state index in [4.69, 9.17) is 10.8 Å². The van der Waals surface area contributed by atoms with Gasteiger partial charge in [-0.2, -0.15) is 0 Å². The highest BCUT2D eigenvalue weighted by atomic mass is 15.3. The summed E-state index contributed by atoms with van der Waals surface area (Å²) in [6.07, 6.45) is 1.06. The minimum Gasteiger partial charge on any atom is -0.308 e. The number of hydrogen-bond donors (Lipinski definition) is 2. The molecule has 0 aliphatic rings. The molecule has 4 nitrogen and oxygen atoms in total. The Morgan fingerprint density at radius 2 is 1.80 bits per heavy atom. The predicted molar refractivity (Wildman–Crippen MR) is 83.1 cm³/mol. The Labute approximate surface area is 120 Å². The minimum atomic E-state index is 0.311. The molecule has 3 N–H and O–H groups in total. The van der Waals surface area contributed by atoms with Gasteiger partial charge >= 0.3 is 0 Å². The zero-order chi connectivity index (χ0) is 14.5. The third-order valence-electron chi connectivity index (χ3n) is 3.23. The molecule has 0 radical (unpaired) electrons. The topological polar surface area (TPSA) is 63.8 Å². The Morgan fingerprint density at radius 3 is 2.40 bits per heavy atom. The van der Waals surface area contributed by atoms with Crippen LogP contribution in [0, 0.1) is 5.92 Å². The molecule has 2 aromatic rings. The molecule has 20 heavy (non-hydrogen) atoms. The highest BCUT2D eigenvalue weighted by Gasteiger charge is 2.14. The van der Waals surface area contributed by atoms with Gasteiger partial charge in [0.05, 0.1) is 5.69 Å². The average molecular weight is 270 g/mol. The van der Waals surface area contributed by atoms with Gasteiger partial charge in [0.15, 0.2) is 0 Å². The van der Waals surface area contributed by atoms with E-state index >= 15 is 0 Å². The molecule has 0 aliphatic carbocycles. The molecule has 0 saturated carbocycles. The molecule has 0 spiro atoms. The smallest absolute Gasteiger partial charge is 0.144 e. The van der Waals surface area contributed by atoms with Crippen LogP contribution in [0.5, 0.6) is 0 Å². The number of anilines is 1. The Kier molecular flexibility index (Phi) is 4.69. The van der Waals surface area contributed by atoms with Gasteiger partial charge in [0, 0.05) is 17.5 Å². The molecule has 2 rings (SSSR count). The van der Waals surface area contributed by atoms with E-state index in [2.05, 4.69) is 31.2 Å². The number of benzene rings is 1. The van der Waals surface area contributed by atoms with Gasteiger partial charge in [0.2, 0.25) is 0 Å². The van der Waals surface area contributed by atoms with Crippen LogP contribution in [0.4, 0.5) is 5.82 Å². The van der Waals surface area contributed by atoms with E-state index in [1.54, 1.807) is 0 Å². The molecule has 0 aliphatic heterocycles. The van der Waals surface area contributed by atoms with Crippen LogP contribution in [0.3, 0.4) is 0 Å². The summed E-state index contributed by atoms with van der Waals surface area (Å²) >= 11 is 0. The standard InChI is InChI=1S/C16H22N4/c1-11(2)9-12(3)16-18-14(10-15(19-16)20-17)13-7-5-4-6-8-13/h4-8,10-12H,9,17H2,1-3H3,(H,18,19,20). The van der Waals surface area contributed by atoms with Gasteiger partial charge in [-0.15, -0.1) is 0 Å². The second-order valence-electron chi connectivity index (χ2n) is 5.54. The van der Waals surface area contributed by atoms with Crippen LogP contribution in [-0.4, -0.2) is 9.97 Å². The molecule has 1 aromatic carbocycles. The van der Waals surface area contributed by atoms with Crippen LogP contribution >= 0.6 is 0 Å². The fourth-order valence-electron chi connectivity index (χ4n) is 2.33. The Hall–Kier alpha value is -1.94. The zero-order valence-electron chi connectivity index (χ0n) is 12.3. The molecule has 0 bridgehead atoms. The summed E-state index contributed by atoms with van der Waals surface area (Å²) < 4.78 is 0. The lowest BCUT2D eigenvalue weighted by molar-refractivity contribution is 0.508. The number of hydrogen-bond acceptors (Lipinski definition) is 4. The first-order valence-electron chi connectivity index (χ1n) is 7.01. The van der Waals surface area contributed by atoms with Crippen LogP contribution in [0.25, 0.3) is 11.3 Å². The maximum absolute atomic E-state index is 5.53. The quantitative estimate of drug-likeness (QED) is 0.644. The van der Waals surface area contributed by atoms with Crippen molar-refractivity contribution in [2.75, 3.05) is 5.43 Å². The van der Waals surface area contributed by atoms with Crippen molar-refractivity contribution in [2.24, 2.45) is 11.8 Å². The molecule has 0 fully saturated rings. The van der Waals surface area contributed by atoms with Crippen molar-refractivity contribution in [2.45, 2.75) is 33.1 Å². The molecular weight excluding hydrogens is 248 g/mol. The summed E-state index contributed by atoms with van der Waals surface area (Å²) in [7, 11) is 0. The van der Waals surface area contributed by atoms with Crippen LogP contribution < -0.4 is 11.3 Å². The second-order valence-corrected chi connectivity index (χ2v) is 5.54. The van der Waals surface area contributed by atoms with E-state index in [9.17, 15) is 0 Å². The van der Waals surface area contributed by atoms with Crippen LogP contribution in [0.15, 0.2) is 36.4 Å². The van der Waals surface area contributed by atoms with E-state index in [-0.39, 0.29) is 0 Å². The van der Waals surface area contributed by atoms with E-state index < -0.39 is 0 Å². The molecular formula is C16H22N4. The van der Waals surface area contributed by atoms with Crippen LogP contribution in [0.1, 0.15) is 38.9 Å². The zero-order valence-corrected chi connectivity index (χ0v) is 12.3. The van der Waals surface area contributed by atoms with Gasteiger partial charge in [-0.3, -0.25) is 0 Å². The molecule has 0 amide bonds. The lowest BCUT2D eigenvalue weighted by Gasteiger charge is -2.15. The van der Waals surface area contributed by atoms with Gasteiger partial charge < -0.3 is 5.43 Å². The molecule has 1 heterocycles. The lowest BCUT2D eigenvalue weighted by Crippen LogP contribution is -2.12. The molecule has 1 atom stereocenters. The predicted octanol–water partition coefficient (Wildman–Crippen LogP) is 3.58. The van der Waals surface area contributed by atoms with Gasteiger partial charge in [-0.25, -0.2) is 15.8 Å². The summed E-state index contributed by atoms with van der Waals surface area (Å²) in [4.78, 5) is 9.18. The molecule has 1 unspecified atom stereocenters. The number of nitrogens with one attached hydrogen (secondary N) is 1. The van der Waals surface area contributed by atoms with Crippen molar-refractivity contribution < 1.29 is 0 Å². The summed E-state index contributed by atoms with van der Waals surface area (Å²) in [6.45, 7) is 6.57. The molecule has 106 valence electrons. The summed E-state index contributed by atoms with van der Waals surface area (Å²) in [5, 5.41) is 0. The normalized spacial score (nSPS) is 12.4. The first-order chi connectivity index (χ1) is 9.60. The van der Waals surface area contributed by atoms with Gasteiger partial charge in [0.1, 0.15) is 11.6 Å². The van der Waals surface area contributed by atoms with Gasteiger partial charge in [-0.05, 0) is 12.3 Å². The SMILES string of the molecule is CC(C)CC(C)c1nc(NN)cc(-c2ccccc2)n1. The third-order valence-corrected chi connectivity index (χ3v) is 3.23. The first kappa shape index (κ1) is 14.5. The molecule has 1 aromatic heterocycles. The average Bonchev–Trinajstić information content (AvgIpc) is 2.47. The van der Waals surface area contributed by atoms with Crippen molar-refractivity contribution in [1.82, 2.24) is 9.97 Å². The second kappa shape index (κ2) is 6.48. The van der Waals surface area contributed by atoms with E-state index in [1.807, 2.05) is 36.4 Å². The van der Waals surface area contributed by atoms with Crippen molar-refractivity contribution in [3.63, 3.8) is 0 Å². The molecule has 0 saturated heterocycles. The Balaban J connectivity index is 2.39. The highest BCUT2D eigenvalue weighted by Crippen LogP contribution is 2.25. The summed E-state index contributed by atoms with van der Waals surface area (Å²) in [6, 6.07) is 12.0. The van der Waals surface area contributed by atoms with E-state index in [0.717, 1.165) is 23.5 Å². The first-order valence-corrected chi connectivity index (χ1v) is 7.01. The minimum absolute atomic E-state index is 0.311. The monoisotopic (exact) mass is 270 g/mol. The van der Waals surface area contributed by atoms with Crippen molar-refractivity contribution >= 4 is 5.82 Å². The Morgan fingerprint density at radius 1 is 1.10 bits per heavy atom. The van der Waals surface area contributed by atoms with Crippen molar-refractivity contribution in [3.05, 3.63) is 42.2 Å². The maximum Gasteiger partial charge on any atom is 0.144 e. The van der Waals surface area contributed by atoms with Crippen molar-refractivity contribution in [1.29, 1.82) is 0 Å². The fraction of sp³-hybridized carbons (Fsp3) is 0.375. The number of hydrazine groups is 1. The van der Waals surface area contributed by atoms with Crippen molar-refractivity contribution in [3.8, 4) is 11.3 Å². The largest absolute Gasteiger partial charge is 0.308 e. The van der Waals surface area contributed by atoms with E-state index in [0.29, 0.717) is 17.7 Å². The highest BCUT2D eigenvalue weighted by molar-refractivity contribution is 5.62. The summed E-state index contributed by atoms with van der Waals surface area (Å²) in [5.41, 5.74) is 4.61. The number of nitrogens with two attached hydrogens (primary N) is 1. The number of nitrogens with zero attached hydrogens (tertiary/aromatic N) is 2. The van der Waals surface area contributed by atoms with E-state index in [1.165, 1.54) is 0 Å². The summed E-state index contributed by atoms with van der Waals surface area (Å²) in [5.74, 6) is 7.95. The molecule has 4 heteroatoms. The van der Waals surface area contributed by atoms with Gasteiger partial charge in [0.25, 0.3) is 0 Å².